The molecule has 7 nitrogen and oxygen atoms in total. The van der Waals surface area contributed by atoms with Gasteiger partial charge >= 0.3 is 0 Å². The molecule has 2 aromatic heterocycles. The van der Waals surface area contributed by atoms with E-state index in [1.54, 1.807) is 12.3 Å². The number of aliphatic hydroxyl groups excluding tert-OH is 1. The van der Waals surface area contributed by atoms with Crippen LogP contribution in [0.15, 0.2) is 23.4 Å². The lowest BCUT2D eigenvalue weighted by atomic mass is 10.2. The molecule has 1 fully saturated rings. The second-order valence-electron chi connectivity index (χ2n) is 4.95. The summed E-state index contributed by atoms with van der Waals surface area (Å²) in [5, 5.41) is 9.76. The van der Waals surface area contributed by atoms with Crippen molar-refractivity contribution >= 4 is 16.7 Å². The van der Waals surface area contributed by atoms with Gasteiger partial charge in [-0.2, -0.15) is 0 Å². The van der Waals surface area contributed by atoms with Crippen molar-refractivity contribution < 1.29 is 9.84 Å². The zero-order chi connectivity index (χ0) is 14.1. The molecule has 0 bridgehead atoms. The summed E-state index contributed by atoms with van der Waals surface area (Å²) in [5.74, 6) is 0.699. The van der Waals surface area contributed by atoms with Gasteiger partial charge in [-0.25, -0.2) is 9.97 Å². The number of fused-ring (bicyclic) bond motifs is 1. The molecule has 0 aromatic carbocycles. The number of nitrogens with zero attached hydrogens (tertiary/aromatic N) is 3. The molecule has 0 aliphatic carbocycles. The normalized spacial score (nSPS) is 23.2. The standard InChI is InChI=1S/C13H16N4O3/c1-8-4-17(5-9(6-18)20-8)12-2-10-11(3-14-12)15-7-16-13(10)19/h2-3,7-9,18H,4-6H2,1H3,(H,15,16,19). The third-order valence-corrected chi connectivity index (χ3v) is 3.37. The number of anilines is 1. The quantitative estimate of drug-likeness (QED) is 0.796. The Morgan fingerprint density at radius 1 is 1.50 bits per heavy atom. The Morgan fingerprint density at radius 3 is 3.15 bits per heavy atom. The first-order chi connectivity index (χ1) is 9.67. The molecule has 3 heterocycles. The summed E-state index contributed by atoms with van der Waals surface area (Å²) in [6, 6.07) is 1.73. The topological polar surface area (TPSA) is 91.3 Å². The minimum absolute atomic E-state index is 0.00517. The van der Waals surface area contributed by atoms with Crippen LogP contribution >= 0.6 is 0 Å². The number of rotatable bonds is 2. The third-order valence-electron chi connectivity index (χ3n) is 3.37. The second-order valence-corrected chi connectivity index (χ2v) is 4.95. The van der Waals surface area contributed by atoms with Crippen LogP contribution in [0, 0.1) is 0 Å². The third kappa shape index (κ3) is 2.37. The van der Waals surface area contributed by atoms with Crippen LogP contribution in [0.5, 0.6) is 0 Å². The Bertz CT molecular complexity index is 672. The second kappa shape index (κ2) is 5.18. The van der Waals surface area contributed by atoms with Gasteiger partial charge in [0.05, 0.1) is 42.2 Å². The fourth-order valence-corrected chi connectivity index (χ4v) is 2.47. The van der Waals surface area contributed by atoms with E-state index in [4.69, 9.17) is 4.74 Å². The molecule has 1 aliphatic heterocycles. The fourth-order valence-electron chi connectivity index (χ4n) is 2.47. The average molecular weight is 276 g/mol. The van der Waals surface area contributed by atoms with Crippen molar-refractivity contribution in [3.8, 4) is 0 Å². The van der Waals surface area contributed by atoms with Crippen LogP contribution in [-0.4, -0.2) is 52.0 Å². The summed E-state index contributed by atoms with van der Waals surface area (Å²) in [6.45, 7) is 3.14. The zero-order valence-corrected chi connectivity index (χ0v) is 11.1. The highest BCUT2D eigenvalue weighted by molar-refractivity contribution is 5.79. The number of nitrogens with one attached hydrogen (secondary N) is 1. The van der Waals surface area contributed by atoms with Crippen LogP contribution < -0.4 is 10.5 Å². The van der Waals surface area contributed by atoms with Crippen LogP contribution in [0.1, 0.15) is 6.92 Å². The summed E-state index contributed by atoms with van der Waals surface area (Å²) in [4.78, 5) is 24.8. The molecule has 0 saturated carbocycles. The molecule has 20 heavy (non-hydrogen) atoms. The Balaban J connectivity index is 1.97. The van der Waals surface area contributed by atoms with E-state index >= 15 is 0 Å². The van der Waals surface area contributed by atoms with E-state index < -0.39 is 0 Å². The van der Waals surface area contributed by atoms with Crippen LogP contribution in [0.2, 0.25) is 0 Å². The van der Waals surface area contributed by atoms with E-state index in [1.165, 1.54) is 6.33 Å². The van der Waals surface area contributed by atoms with Crippen molar-refractivity contribution in [2.45, 2.75) is 19.1 Å². The predicted molar refractivity (Wildman–Crippen MR) is 73.8 cm³/mol. The molecule has 0 amide bonds. The number of hydrogen-bond donors (Lipinski definition) is 2. The first kappa shape index (κ1) is 13.0. The van der Waals surface area contributed by atoms with E-state index in [2.05, 4.69) is 15.0 Å². The van der Waals surface area contributed by atoms with Crippen molar-refractivity contribution in [1.82, 2.24) is 15.0 Å². The highest BCUT2D eigenvalue weighted by Gasteiger charge is 2.25. The Hall–Kier alpha value is -1.99. The Labute approximate surface area is 115 Å². The van der Waals surface area contributed by atoms with E-state index in [0.29, 0.717) is 29.8 Å². The van der Waals surface area contributed by atoms with E-state index in [9.17, 15) is 9.90 Å². The van der Waals surface area contributed by atoms with Crippen molar-refractivity contribution in [3.63, 3.8) is 0 Å². The molecule has 0 radical (unpaired) electrons. The maximum absolute atomic E-state index is 11.8. The molecular weight excluding hydrogens is 260 g/mol. The van der Waals surface area contributed by atoms with Gasteiger partial charge in [0.15, 0.2) is 0 Å². The Kier molecular flexibility index (Phi) is 3.37. The lowest BCUT2D eigenvalue weighted by molar-refractivity contribution is -0.0422. The monoisotopic (exact) mass is 276 g/mol. The minimum atomic E-state index is -0.233. The van der Waals surface area contributed by atoms with E-state index in [-0.39, 0.29) is 24.4 Å². The van der Waals surface area contributed by atoms with Gasteiger partial charge in [0.25, 0.3) is 5.56 Å². The molecule has 7 heteroatoms. The van der Waals surface area contributed by atoms with Gasteiger partial charge in [0, 0.05) is 13.1 Å². The van der Waals surface area contributed by atoms with Crippen molar-refractivity contribution in [1.29, 1.82) is 0 Å². The van der Waals surface area contributed by atoms with Gasteiger partial charge in [-0.05, 0) is 13.0 Å². The van der Waals surface area contributed by atoms with Crippen molar-refractivity contribution in [2.24, 2.45) is 0 Å². The first-order valence-corrected chi connectivity index (χ1v) is 6.52. The maximum atomic E-state index is 11.8. The van der Waals surface area contributed by atoms with Gasteiger partial charge in [-0.3, -0.25) is 4.79 Å². The number of H-pyrrole nitrogens is 1. The van der Waals surface area contributed by atoms with E-state index in [1.807, 2.05) is 11.8 Å². The van der Waals surface area contributed by atoms with Gasteiger partial charge < -0.3 is 19.7 Å². The summed E-state index contributed by atoms with van der Waals surface area (Å²) < 4.78 is 5.60. The summed E-state index contributed by atoms with van der Waals surface area (Å²) >= 11 is 0. The van der Waals surface area contributed by atoms with Crippen LogP contribution in [0.25, 0.3) is 10.9 Å². The zero-order valence-electron chi connectivity index (χ0n) is 11.1. The number of aliphatic hydroxyl groups is 1. The first-order valence-electron chi connectivity index (χ1n) is 6.52. The molecule has 1 aliphatic rings. The molecule has 2 unspecified atom stereocenters. The van der Waals surface area contributed by atoms with Gasteiger partial charge in [0.1, 0.15) is 5.82 Å². The summed E-state index contributed by atoms with van der Waals surface area (Å²) in [6.07, 6.45) is 2.73. The number of aromatic nitrogens is 3. The highest BCUT2D eigenvalue weighted by Crippen LogP contribution is 2.20. The van der Waals surface area contributed by atoms with Crippen molar-refractivity contribution in [3.05, 3.63) is 28.9 Å². The highest BCUT2D eigenvalue weighted by atomic mass is 16.5. The van der Waals surface area contributed by atoms with Crippen LogP contribution in [0.4, 0.5) is 5.82 Å². The van der Waals surface area contributed by atoms with E-state index in [0.717, 1.165) is 0 Å². The lowest BCUT2D eigenvalue weighted by Gasteiger charge is -2.36. The number of ether oxygens (including phenoxy) is 1. The molecule has 2 atom stereocenters. The minimum Gasteiger partial charge on any atom is -0.394 e. The number of aromatic amines is 1. The van der Waals surface area contributed by atoms with Crippen molar-refractivity contribution in [2.75, 3.05) is 24.6 Å². The predicted octanol–water partition coefficient (Wildman–Crippen LogP) is -0.0959. The summed E-state index contributed by atoms with van der Waals surface area (Å²) in [5.41, 5.74) is 0.385. The number of morpholine rings is 1. The smallest absolute Gasteiger partial charge is 0.258 e. The van der Waals surface area contributed by atoms with Crippen LogP contribution in [0.3, 0.4) is 0 Å². The molecular formula is C13H16N4O3. The fraction of sp³-hybridized carbons (Fsp3) is 0.462. The molecule has 0 spiro atoms. The molecule has 2 N–H and O–H groups in total. The number of pyridine rings is 1. The average Bonchev–Trinajstić information content (AvgIpc) is 2.46. The molecule has 106 valence electrons. The van der Waals surface area contributed by atoms with Gasteiger partial charge in [-0.15, -0.1) is 0 Å². The SMILES string of the molecule is CC1CN(c2cc3c(=O)[nH]cnc3cn2)CC(CO)O1. The van der Waals surface area contributed by atoms with Gasteiger partial charge in [0.2, 0.25) is 0 Å². The largest absolute Gasteiger partial charge is 0.394 e. The molecule has 1 saturated heterocycles. The van der Waals surface area contributed by atoms with Gasteiger partial charge in [-0.1, -0.05) is 0 Å². The molecule has 2 aromatic rings. The lowest BCUT2D eigenvalue weighted by Crippen LogP contribution is -2.48. The maximum Gasteiger partial charge on any atom is 0.258 e. The molecule has 3 rings (SSSR count). The summed E-state index contributed by atoms with van der Waals surface area (Å²) in [7, 11) is 0. The number of hydrogen-bond acceptors (Lipinski definition) is 6. The Morgan fingerprint density at radius 2 is 2.35 bits per heavy atom. The van der Waals surface area contributed by atoms with Crippen LogP contribution in [-0.2, 0) is 4.74 Å².